The van der Waals surface area contributed by atoms with Crippen LogP contribution in [0, 0.1) is 35.6 Å². The quantitative estimate of drug-likeness (QED) is 0.146. The van der Waals surface area contributed by atoms with Gasteiger partial charge >= 0.3 is 30.2 Å². The van der Waals surface area contributed by atoms with E-state index in [2.05, 4.69) is 145 Å². The molecule has 0 spiro atoms. The van der Waals surface area contributed by atoms with Crippen LogP contribution < -0.4 is 0 Å². The maximum atomic E-state index is 3.60. The van der Waals surface area contributed by atoms with Crippen LogP contribution in [0.3, 0.4) is 0 Å². The summed E-state index contributed by atoms with van der Waals surface area (Å²) >= 11 is 1.36. The number of aryl methyl sites for hydroxylation is 1. The normalized spacial score (nSPS) is 8.86. The summed E-state index contributed by atoms with van der Waals surface area (Å²) in [7, 11) is 0. The molecule has 0 bridgehead atoms. The van der Waals surface area contributed by atoms with Gasteiger partial charge in [0.15, 0.2) is 0 Å². The van der Waals surface area contributed by atoms with Crippen molar-refractivity contribution in [3.63, 3.8) is 0 Å². The molecule has 5 rings (SSSR count). The first kappa shape index (κ1) is 37.1. The Morgan fingerprint density at radius 3 is 1.84 bits per heavy atom. The van der Waals surface area contributed by atoms with E-state index in [9.17, 15) is 0 Å². The Morgan fingerprint density at radius 2 is 1.27 bits per heavy atom. The number of fused-ring (bicyclic) bond motifs is 2. The Labute approximate surface area is 245 Å². The van der Waals surface area contributed by atoms with Crippen LogP contribution in [0.15, 0.2) is 103 Å². The van der Waals surface area contributed by atoms with Crippen molar-refractivity contribution < 1.29 is 23.3 Å². The van der Waals surface area contributed by atoms with Crippen LogP contribution in [0.4, 0.5) is 0 Å². The largest absolute Gasteiger partial charge is 0.168 e. The first-order chi connectivity index (χ1) is 17.1. The van der Waals surface area contributed by atoms with Crippen LogP contribution in [0.1, 0.15) is 45.1 Å². The fraction of sp³-hybridized carbons (Fsp3) is 0.200. The third-order valence-corrected chi connectivity index (χ3v) is 5.23. The Hall–Kier alpha value is -2.02. The van der Waals surface area contributed by atoms with Gasteiger partial charge < -0.3 is 28.7 Å². The van der Waals surface area contributed by atoms with Crippen LogP contribution in [0.2, 0.25) is 0 Å². The third-order valence-electron chi connectivity index (χ3n) is 5.23. The molecular weight excluding hydrogens is 540 g/mol. The summed E-state index contributed by atoms with van der Waals surface area (Å²) in [5, 5.41) is 5.35. The van der Waals surface area contributed by atoms with Gasteiger partial charge in [0, 0.05) is 0 Å². The van der Waals surface area contributed by atoms with Crippen LogP contribution in [0.25, 0.3) is 32.7 Å². The SMILES string of the molecule is Cc1cc2ccccc2[cH-]1.[CH2-]CCC.[CH2-]CCC.[CH3-].[CH3-].[Si]=[Zr].c1ccc(-c2cccc3[cH-]ccc23)cc1. The molecule has 198 valence electrons. The zero-order chi connectivity index (χ0) is 25.9. The maximum Gasteiger partial charge on any atom is -0.0279 e. The molecule has 5 aromatic carbocycles. The smallest absolute Gasteiger partial charge is 0.0279 e. The summed E-state index contributed by atoms with van der Waals surface area (Å²) in [5.74, 6) is 0. The van der Waals surface area contributed by atoms with E-state index in [1.165, 1.54) is 74.4 Å². The van der Waals surface area contributed by atoms with Crippen molar-refractivity contribution in [2.45, 2.75) is 46.5 Å². The topological polar surface area (TPSA) is 0 Å². The van der Waals surface area contributed by atoms with Gasteiger partial charge in [0.1, 0.15) is 0 Å². The molecular formula is C35H44SiZr-6. The molecule has 0 N–H and O–H groups in total. The van der Waals surface area contributed by atoms with Gasteiger partial charge in [0.2, 0.25) is 0 Å². The number of unbranched alkanes of at least 4 members (excludes halogenated alkanes) is 2. The van der Waals surface area contributed by atoms with Crippen molar-refractivity contribution in [3.05, 3.63) is 137 Å². The molecule has 0 saturated heterocycles. The van der Waals surface area contributed by atoms with Gasteiger partial charge in [0.25, 0.3) is 0 Å². The van der Waals surface area contributed by atoms with E-state index in [1.54, 1.807) is 0 Å². The molecule has 2 radical (unpaired) electrons. The molecule has 5 aromatic rings. The van der Waals surface area contributed by atoms with Gasteiger partial charge in [0.05, 0.1) is 0 Å². The second-order valence-electron chi connectivity index (χ2n) is 8.07. The average Bonchev–Trinajstić information content (AvgIpc) is 3.56. The standard InChI is InChI=1S/C15H11.C10H9.2C4H9.2CH3.Si.Zr/c1-2-6-12(7-3-1)14-10-4-8-13-9-5-11-15(13)14;1-8-6-9-4-2-3-5-10(9)7-8;2*1-3-4-2;;;;/h1-11H;2-7H,1H3;2*1,3-4H2,2H3;2*1H3;;/q6*-1;;. The molecule has 0 nitrogen and oxygen atoms in total. The third kappa shape index (κ3) is 13.4. The molecule has 0 saturated carbocycles. The van der Waals surface area contributed by atoms with Gasteiger partial charge in [-0.3, -0.25) is 0 Å². The van der Waals surface area contributed by atoms with E-state index >= 15 is 0 Å². The number of benzene rings is 3. The first-order valence-electron chi connectivity index (χ1n) is 12.3. The molecule has 0 aliphatic carbocycles. The number of rotatable bonds is 3. The van der Waals surface area contributed by atoms with E-state index in [4.69, 9.17) is 0 Å². The summed E-state index contributed by atoms with van der Waals surface area (Å²) in [6, 6.07) is 36.2. The molecule has 0 aliphatic rings. The van der Waals surface area contributed by atoms with Gasteiger partial charge in [-0.1, -0.05) is 81.6 Å². The first-order valence-corrected chi connectivity index (χ1v) is 16.5. The minimum atomic E-state index is 0. The minimum Gasteiger partial charge on any atom is -0.168 e. The van der Waals surface area contributed by atoms with Gasteiger partial charge in [-0.2, -0.15) is 31.0 Å². The Kier molecular flexibility index (Phi) is 23.2. The molecule has 0 aromatic heterocycles. The van der Waals surface area contributed by atoms with Gasteiger partial charge in [-0.05, 0) is 5.56 Å². The Balaban J connectivity index is 0. The monoisotopic (exact) mass is 582 g/mol. The predicted molar refractivity (Wildman–Crippen MR) is 168 cm³/mol. The van der Waals surface area contributed by atoms with Crippen LogP contribution >= 0.6 is 0 Å². The van der Waals surface area contributed by atoms with Crippen molar-refractivity contribution in [1.29, 1.82) is 0 Å². The summed E-state index contributed by atoms with van der Waals surface area (Å²) in [4.78, 5) is 0. The second kappa shape index (κ2) is 23.1. The molecule has 0 unspecified atom stereocenters. The fourth-order valence-corrected chi connectivity index (χ4v) is 3.34. The Morgan fingerprint density at radius 1 is 0.730 bits per heavy atom. The van der Waals surface area contributed by atoms with E-state index in [-0.39, 0.29) is 14.9 Å². The number of hydrogen-bond donors (Lipinski definition) is 0. The average molecular weight is 584 g/mol. The van der Waals surface area contributed by atoms with E-state index in [1.807, 2.05) is 0 Å². The molecule has 0 aliphatic heterocycles. The zero-order valence-corrected chi connectivity index (χ0v) is 27.0. The van der Waals surface area contributed by atoms with Crippen molar-refractivity contribution in [1.82, 2.24) is 0 Å². The molecule has 0 atom stereocenters. The van der Waals surface area contributed by atoms with Crippen molar-refractivity contribution in [3.8, 4) is 11.1 Å². The van der Waals surface area contributed by atoms with Gasteiger partial charge in [-0.15, -0.1) is 69.6 Å². The minimum absolute atomic E-state index is 0. The maximum absolute atomic E-state index is 3.60. The predicted octanol–water partition coefficient (Wildman–Crippen LogP) is 10.9. The molecule has 0 amide bonds. The van der Waals surface area contributed by atoms with Crippen LogP contribution in [0.5, 0.6) is 0 Å². The molecule has 0 heterocycles. The molecule has 37 heavy (non-hydrogen) atoms. The van der Waals surface area contributed by atoms with Crippen LogP contribution in [-0.2, 0) is 23.3 Å². The van der Waals surface area contributed by atoms with E-state index in [0.717, 1.165) is 12.8 Å². The summed E-state index contributed by atoms with van der Waals surface area (Å²) in [6.07, 6.45) is 4.56. The van der Waals surface area contributed by atoms with E-state index < -0.39 is 0 Å². The van der Waals surface area contributed by atoms with Crippen molar-refractivity contribution >= 4 is 28.4 Å². The van der Waals surface area contributed by atoms with Crippen molar-refractivity contribution in [2.24, 2.45) is 0 Å². The number of hydrogen-bond acceptors (Lipinski definition) is 0. The fourth-order valence-electron chi connectivity index (χ4n) is 3.34. The van der Waals surface area contributed by atoms with Crippen LogP contribution in [-0.4, -0.2) is 6.88 Å². The zero-order valence-electron chi connectivity index (χ0n) is 23.6. The molecule has 0 fully saturated rings. The van der Waals surface area contributed by atoms with E-state index in [0.29, 0.717) is 0 Å². The Bertz CT molecular complexity index is 1140. The summed E-state index contributed by atoms with van der Waals surface area (Å²) < 4.78 is 0. The summed E-state index contributed by atoms with van der Waals surface area (Å²) in [5.41, 5.74) is 3.95. The second-order valence-corrected chi connectivity index (χ2v) is 8.07. The van der Waals surface area contributed by atoms with Gasteiger partial charge in [-0.25, -0.2) is 0 Å². The summed E-state index contributed by atoms with van der Waals surface area (Å²) in [6.45, 7) is 16.6. The molecule has 2 heteroatoms. The van der Waals surface area contributed by atoms with Crippen molar-refractivity contribution in [2.75, 3.05) is 0 Å².